The Labute approximate surface area is 165 Å². The van der Waals surface area contributed by atoms with Gasteiger partial charge in [-0.1, -0.05) is 44.2 Å². The molecular weight excluding hydrogens is 352 g/mol. The van der Waals surface area contributed by atoms with Gasteiger partial charge in [0.15, 0.2) is 6.10 Å². The van der Waals surface area contributed by atoms with Gasteiger partial charge in [-0.25, -0.2) is 4.79 Å². The van der Waals surface area contributed by atoms with Gasteiger partial charge in [0.2, 0.25) is 0 Å². The maximum Gasteiger partial charge on any atom is 0.331 e. The third-order valence-electron chi connectivity index (χ3n) is 4.29. The lowest BCUT2D eigenvalue weighted by Gasteiger charge is -2.18. The Morgan fingerprint density at radius 3 is 2.39 bits per heavy atom. The highest BCUT2D eigenvalue weighted by Gasteiger charge is 2.19. The molecule has 1 atom stereocenters. The van der Waals surface area contributed by atoms with E-state index in [1.165, 1.54) is 13.0 Å². The van der Waals surface area contributed by atoms with Crippen molar-refractivity contribution in [2.75, 3.05) is 5.32 Å². The molecule has 0 aliphatic heterocycles. The molecule has 1 N–H and O–H groups in total. The van der Waals surface area contributed by atoms with Crippen molar-refractivity contribution in [3.05, 3.63) is 70.8 Å². The number of ether oxygens (including phenoxy) is 1. The SMILES string of the molecule is Cc1cccc(C(C)C)c1NC(=O)[C@@H](C)OC(=O)/C=C/c1ccc(C#N)cc1. The predicted octanol–water partition coefficient (Wildman–Crippen LogP) is 4.57. The molecular formula is C23H24N2O3. The van der Waals surface area contributed by atoms with Crippen LogP contribution in [0.4, 0.5) is 5.69 Å². The third-order valence-corrected chi connectivity index (χ3v) is 4.29. The van der Waals surface area contributed by atoms with Crippen molar-refractivity contribution in [1.82, 2.24) is 0 Å². The molecule has 5 heteroatoms. The lowest BCUT2D eigenvalue weighted by Crippen LogP contribution is -2.30. The highest BCUT2D eigenvalue weighted by Crippen LogP contribution is 2.27. The Morgan fingerprint density at radius 2 is 1.79 bits per heavy atom. The van der Waals surface area contributed by atoms with Crippen LogP contribution >= 0.6 is 0 Å². The lowest BCUT2D eigenvalue weighted by molar-refractivity contribution is -0.148. The van der Waals surface area contributed by atoms with Crippen LogP contribution in [-0.2, 0) is 14.3 Å². The van der Waals surface area contributed by atoms with Crippen molar-refractivity contribution in [2.45, 2.75) is 39.7 Å². The van der Waals surface area contributed by atoms with Gasteiger partial charge in [0.25, 0.3) is 5.91 Å². The first-order valence-corrected chi connectivity index (χ1v) is 9.11. The van der Waals surface area contributed by atoms with Gasteiger partial charge in [0.1, 0.15) is 0 Å². The summed E-state index contributed by atoms with van der Waals surface area (Å²) in [6, 6.07) is 14.7. The molecule has 2 aromatic rings. The number of aryl methyl sites for hydroxylation is 1. The van der Waals surface area contributed by atoms with E-state index in [4.69, 9.17) is 10.00 Å². The van der Waals surface area contributed by atoms with E-state index in [2.05, 4.69) is 19.2 Å². The lowest BCUT2D eigenvalue weighted by atomic mass is 9.98. The Bertz CT molecular complexity index is 922. The molecule has 0 aliphatic rings. The van der Waals surface area contributed by atoms with Gasteiger partial charge < -0.3 is 10.1 Å². The van der Waals surface area contributed by atoms with E-state index in [-0.39, 0.29) is 11.8 Å². The summed E-state index contributed by atoms with van der Waals surface area (Å²) in [5.41, 5.74) is 4.06. The summed E-state index contributed by atoms with van der Waals surface area (Å²) in [5, 5.41) is 11.7. The molecule has 28 heavy (non-hydrogen) atoms. The van der Waals surface area contributed by atoms with Crippen LogP contribution in [-0.4, -0.2) is 18.0 Å². The van der Waals surface area contributed by atoms with Crippen LogP contribution in [0, 0.1) is 18.3 Å². The van der Waals surface area contributed by atoms with E-state index >= 15 is 0 Å². The number of hydrogen-bond acceptors (Lipinski definition) is 4. The zero-order chi connectivity index (χ0) is 20.7. The van der Waals surface area contributed by atoms with Gasteiger partial charge in [-0.3, -0.25) is 4.79 Å². The number of benzene rings is 2. The van der Waals surface area contributed by atoms with E-state index in [0.717, 1.165) is 22.4 Å². The van der Waals surface area contributed by atoms with Gasteiger partial charge in [-0.2, -0.15) is 5.26 Å². The molecule has 5 nitrogen and oxygen atoms in total. The smallest absolute Gasteiger partial charge is 0.331 e. The highest BCUT2D eigenvalue weighted by molar-refractivity contribution is 5.97. The fraction of sp³-hybridized carbons (Fsp3) is 0.261. The monoisotopic (exact) mass is 376 g/mol. The number of nitrogens with zero attached hydrogens (tertiary/aromatic N) is 1. The van der Waals surface area contributed by atoms with E-state index < -0.39 is 12.1 Å². The molecule has 2 aromatic carbocycles. The van der Waals surface area contributed by atoms with Crippen molar-refractivity contribution >= 4 is 23.6 Å². The summed E-state index contributed by atoms with van der Waals surface area (Å²) >= 11 is 0. The molecule has 0 heterocycles. The molecule has 2 rings (SSSR count). The summed E-state index contributed by atoms with van der Waals surface area (Å²) < 4.78 is 5.20. The Kier molecular flexibility index (Phi) is 7.11. The van der Waals surface area contributed by atoms with Crippen LogP contribution in [0.2, 0.25) is 0 Å². The molecule has 0 aromatic heterocycles. The second-order valence-corrected chi connectivity index (χ2v) is 6.83. The normalized spacial score (nSPS) is 11.9. The molecule has 0 unspecified atom stereocenters. The minimum Gasteiger partial charge on any atom is -0.449 e. The fourth-order valence-corrected chi connectivity index (χ4v) is 2.67. The molecule has 1 amide bonds. The minimum absolute atomic E-state index is 0.253. The van der Waals surface area contributed by atoms with Gasteiger partial charge >= 0.3 is 5.97 Å². The maximum absolute atomic E-state index is 12.5. The topological polar surface area (TPSA) is 79.2 Å². The second kappa shape index (κ2) is 9.52. The van der Waals surface area contributed by atoms with Crippen molar-refractivity contribution in [3.8, 4) is 6.07 Å². The first-order valence-electron chi connectivity index (χ1n) is 9.11. The molecule has 0 bridgehead atoms. The highest BCUT2D eigenvalue weighted by atomic mass is 16.5. The van der Waals surface area contributed by atoms with Gasteiger partial charge in [-0.15, -0.1) is 0 Å². The van der Waals surface area contributed by atoms with Crippen molar-refractivity contribution in [1.29, 1.82) is 5.26 Å². The van der Waals surface area contributed by atoms with Crippen LogP contribution in [0.5, 0.6) is 0 Å². The first-order chi connectivity index (χ1) is 13.3. The van der Waals surface area contributed by atoms with E-state index in [0.29, 0.717) is 5.56 Å². The zero-order valence-corrected chi connectivity index (χ0v) is 16.5. The van der Waals surface area contributed by atoms with Crippen LogP contribution in [0.3, 0.4) is 0 Å². The summed E-state index contributed by atoms with van der Waals surface area (Å²) in [7, 11) is 0. The number of para-hydroxylation sites is 1. The summed E-state index contributed by atoms with van der Waals surface area (Å²) in [5.74, 6) is -0.736. The molecule has 0 aliphatic carbocycles. The molecule has 144 valence electrons. The largest absolute Gasteiger partial charge is 0.449 e. The molecule has 0 saturated heterocycles. The number of nitrogens with one attached hydrogen (secondary N) is 1. The Morgan fingerprint density at radius 1 is 1.11 bits per heavy atom. The predicted molar refractivity (Wildman–Crippen MR) is 110 cm³/mol. The summed E-state index contributed by atoms with van der Waals surface area (Å²) in [6.45, 7) is 7.58. The average Bonchev–Trinajstić information content (AvgIpc) is 2.67. The number of carbonyl (C=O) groups is 2. The third kappa shape index (κ3) is 5.55. The quantitative estimate of drug-likeness (QED) is 0.591. The van der Waals surface area contributed by atoms with Crippen LogP contribution in [0.15, 0.2) is 48.5 Å². The van der Waals surface area contributed by atoms with Crippen molar-refractivity contribution < 1.29 is 14.3 Å². The van der Waals surface area contributed by atoms with E-state index in [9.17, 15) is 9.59 Å². The number of esters is 1. The van der Waals surface area contributed by atoms with Crippen LogP contribution in [0.25, 0.3) is 6.08 Å². The maximum atomic E-state index is 12.5. The van der Waals surface area contributed by atoms with Gasteiger partial charge in [-0.05, 0) is 54.7 Å². The van der Waals surface area contributed by atoms with E-state index in [1.807, 2.05) is 31.2 Å². The van der Waals surface area contributed by atoms with Crippen LogP contribution < -0.4 is 5.32 Å². The van der Waals surface area contributed by atoms with Crippen molar-refractivity contribution in [3.63, 3.8) is 0 Å². The minimum atomic E-state index is -0.933. The number of rotatable bonds is 6. The number of amides is 1. The standard InChI is InChI=1S/C23H24N2O3/c1-15(2)20-7-5-6-16(3)22(20)25-23(27)17(4)28-21(26)13-12-18-8-10-19(14-24)11-9-18/h5-13,15,17H,1-4H3,(H,25,27)/b13-12+/t17-/m1/s1. The first kappa shape index (κ1) is 20.9. The summed E-state index contributed by atoms with van der Waals surface area (Å²) in [6.07, 6.45) is 1.91. The molecule has 0 radical (unpaired) electrons. The Hall–Kier alpha value is -3.39. The Balaban J connectivity index is 1.99. The van der Waals surface area contributed by atoms with Crippen molar-refractivity contribution in [2.24, 2.45) is 0 Å². The number of carbonyl (C=O) groups excluding carboxylic acids is 2. The second-order valence-electron chi connectivity index (χ2n) is 6.83. The van der Waals surface area contributed by atoms with Gasteiger partial charge in [0.05, 0.1) is 11.6 Å². The van der Waals surface area contributed by atoms with Crippen LogP contribution in [0.1, 0.15) is 48.9 Å². The van der Waals surface area contributed by atoms with E-state index in [1.54, 1.807) is 30.3 Å². The zero-order valence-electron chi connectivity index (χ0n) is 16.5. The number of anilines is 1. The molecule has 0 fully saturated rings. The number of hydrogen-bond donors (Lipinski definition) is 1. The van der Waals surface area contributed by atoms with Gasteiger partial charge in [0, 0.05) is 11.8 Å². The fourth-order valence-electron chi connectivity index (χ4n) is 2.67. The molecule has 0 spiro atoms. The average molecular weight is 376 g/mol. The number of nitriles is 1. The summed E-state index contributed by atoms with van der Waals surface area (Å²) in [4.78, 5) is 24.5. The molecule has 0 saturated carbocycles.